The van der Waals surface area contributed by atoms with Gasteiger partial charge >= 0.3 is 0 Å². The van der Waals surface area contributed by atoms with Gasteiger partial charge in [-0.05, 0) is 36.2 Å². The molecule has 8 nitrogen and oxygen atoms in total. The Morgan fingerprint density at radius 3 is 2.49 bits per heavy atom. The van der Waals surface area contributed by atoms with Crippen LogP contribution in [0.25, 0.3) is 16.7 Å². The zero-order valence-corrected chi connectivity index (χ0v) is 18.7. The summed E-state index contributed by atoms with van der Waals surface area (Å²) in [4.78, 5) is 15.4. The largest absolute Gasteiger partial charge is 0.340 e. The number of nitrogens with zero attached hydrogens (tertiary/aromatic N) is 5. The van der Waals surface area contributed by atoms with Crippen LogP contribution < -0.4 is 5.32 Å². The van der Waals surface area contributed by atoms with Gasteiger partial charge in [0.2, 0.25) is 0 Å². The Bertz CT molecular complexity index is 1710. The third-order valence-corrected chi connectivity index (χ3v) is 6.04. The van der Waals surface area contributed by atoms with Crippen molar-refractivity contribution in [3.63, 3.8) is 0 Å². The lowest BCUT2D eigenvalue weighted by Crippen LogP contribution is -2.09. The van der Waals surface area contributed by atoms with E-state index in [1.54, 1.807) is 0 Å². The molecule has 0 aliphatic carbocycles. The van der Waals surface area contributed by atoms with Crippen molar-refractivity contribution in [3.8, 4) is 12.1 Å². The summed E-state index contributed by atoms with van der Waals surface area (Å²) >= 11 is 0. The molecular formula is C27H18N6O2. The second-order valence-electron chi connectivity index (χ2n) is 8.08. The van der Waals surface area contributed by atoms with Gasteiger partial charge in [-0.2, -0.15) is 10.5 Å². The van der Waals surface area contributed by atoms with Crippen LogP contribution in [-0.4, -0.2) is 14.3 Å². The predicted octanol–water partition coefficient (Wildman–Crippen LogP) is 5.78. The highest BCUT2D eigenvalue weighted by atomic mass is 16.6. The van der Waals surface area contributed by atoms with Crippen LogP contribution >= 0.6 is 0 Å². The molecule has 0 bridgehead atoms. The van der Waals surface area contributed by atoms with Gasteiger partial charge in [0.15, 0.2) is 5.65 Å². The maximum atomic E-state index is 11.2. The molecule has 0 aliphatic rings. The monoisotopic (exact) mass is 458 g/mol. The van der Waals surface area contributed by atoms with E-state index in [1.807, 2.05) is 65.9 Å². The Morgan fingerprint density at radius 1 is 1.03 bits per heavy atom. The summed E-state index contributed by atoms with van der Waals surface area (Å²) in [6.07, 6.45) is 0.529. The zero-order chi connectivity index (χ0) is 24.5. The van der Waals surface area contributed by atoms with Gasteiger partial charge in [-0.15, -0.1) is 0 Å². The first kappa shape index (κ1) is 21.6. The molecule has 35 heavy (non-hydrogen) atoms. The highest BCUT2D eigenvalue weighted by molar-refractivity contribution is 5.87. The number of hydrogen-bond donors (Lipinski definition) is 1. The first-order valence-electron chi connectivity index (χ1n) is 10.8. The quantitative estimate of drug-likeness (QED) is 0.263. The number of anilines is 2. The fraction of sp³-hybridized carbons (Fsp3) is 0.0741. The minimum absolute atomic E-state index is 0.143. The molecule has 0 radical (unpaired) electrons. The molecule has 0 saturated carbocycles. The normalized spacial score (nSPS) is 10.7. The first-order chi connectivity index (χ1) is 17.0. The molecule has 5 aromatic rings. The molecule has 0 unspecified atom stereocenters. The lowest BCUT2D eigenvalue weighted by atomic mass is 9.97. The van der Waals surface area contributed by atoms with Crippen LogP contribution in [-0.2, 0) is 6.42 Å². The molecule has 2 aromatic heterocycles. The van der Waals surface area contributed by atoms with E-state index in [2.05, 4.69) is 17.5 Å². The van der Waals surface area contributed by atoms with Crippen molar-refractivity contribution in [1.29, 1.82) is 10.5 Å². The molecule has 0 atom stereocenters. The van der Waals surface area contributed by atoms with Gasteiger partial charge < -0.3 is 5.32 Å². The second kappa shape index (κ2) is 8.62. The number of imidazole rings is 1. The number of nitriles is 2. The summed E-state index contributed by atoms with van der Waals surface area (Å²) < 4.78 is 1.89. The van der Waals surface area contributed by atoms with E-state index < -0.39 is 4.92 Å². The molecule has 5 rings (SSSR count). The topological polar surface area (TPSA) is 120 Å². The Kier molecular flexibility index (Phi) is 5.33. The predicted molar refractivity (Wildman–Crippen MR) is 132 cm³/mol. The Hall–Kier alpha value is -5.21. The summed E-state index contributed by atoms with van der Waals surface area (Å²) in [6, 6.07) is 26.0. The zero-order valence-electron chi connectivity index (χ0n) is 18.7. The van der Waals surface area contributed by atoms with E-state index in [-0.39, 0.29) is 11.3 Å². The number of fused-ring (bicyclic) bond motifs is 3. The Morgan fingerprint density at radius 2 is 1.77 bits per heavy atom. The lowest BCUT2D eigenvalue weighted by Gasteiger charge is -2.19. The second-order valence-corrected chi connectivity index (χ2v) is 8.08. The summed E-state index contributed by atoms with van der Waals surface area (Å²) in [5.74, 6) is 0.652. The number of non-ortho nitro benzene ring substituents is 1. The molecule has 8 heteroatoms. The number of aromatic nitrogens is 2. The molecular weight excluding hydrogens is 440 g/mol. The number of pyridine rings is 1. The molecule has 0 saturated heterocycles. The van der Waals surface area contributed by atoms with Gasteiger partial charge in [-0.25, -0.2) is 4.98 Å². The molecule has 0 aliphatic heterocycles. The number of nitro groups is 1. The summed E-state index contributed by atoms with van der Waals surface area (Å²) in [6.45, 7) is 1.89. The standard InChI is InChI=1S/C27H18N6O2/c1-17-21(13-18-7-3-2-4-8-18)26(30-23-12-11-20(33(34)35)14-19(23)15-28)32-25-10-6-5-9-24(25)31-27(32)22(17)16-29/h2-12,14,30H,13H2,1H3. The average Bonchev–Trinajstić information content (AvgIpc) is 3.26. The maximum absolute atomic E-state index is 11.2. The van der Waals surface area contributed by atoms with Gasteiger partial charge in [0.25, 0.3) is 5.69 Å². The number of para-hydroxylation sites is 2. The van der Waals surface area contributed by atoms with Crippen molar-refractivity contribution in [3.05, 3.63) is 111 Å². The van der Waals surface area contributed by atoms with Gasteiger partial charge in [-0.3, -0.25) is 14.5 Å². The van der Waals surface area contributed by atoms with Crippen molar-refractivity contribution >= 4 is 33.9 Å². The van der Waals surface area contributed by atoms with Crippen LogP contribution in [0.3, 0.4) is 0 Å². The summed E-state index contributed by atoms with van der Waals surface area (Å²) in [7, 11) is 0. The van der Waals surface area contributed by atoms with Crippen LogP contribution in [0.1, 0.15) is 27.8 Å². The smallest absolute Gasteiger partial charge is 0.270 e. The Labute approximate surface area is 200 Å². The summed E-state index contributed by atoms with van der Waals surface area (Å²) in [5.41, 5.74) is 5.62. The number of nitro benzene ring substituents is 1. The molecule has 0 amide bonds. The third-order valence-electron chi connectivity index (χ3n) is 6.04. The SMILES string of the molecule is Cc1c(Cc2ccccc2)c(Nc2ccc([N+](=O)[O-])cc2C#N)n2c(nc3ccccc32)c1C#N. The van der Waals surface area contributed by atoms with Crippen molar-refractivity contribution < 1.29 is 4.92 Å². The van der Waals surface area contributed by atoms with Gasteiger partial charge in [-0.1, -0.05) is 42.5 Å². The lowest BCUT2D eigenvalue weighted by molar-refractivity contribution is -0.384. The first-order valence-corrected chi connectivity index (χ1v) is 10.8. The van der Waals surface area contributed by atoms with Crippen LogP contribution in [0, 0.1) is 39.7 Å². The van der Waals surface area contributed by atoms with Crippen molar-refractivity contribution in [1.82, 2.24) is 9.38 Å². The highest BCUT2D eigenvalue weighted by Gasteiger charge is 2.22. The molecule has 168 valence electrons. The van der Waals surface area contributed by atoms with Crippen molar-refractivity contribution in [2.75, 3.05) is 5.32 Å². The fourth-order valence-electron chi connectivity index (χ4n) is 4.31. The number of hydrogen-bond acceptors (Lipinski definition) is 6. The van der Waals surface area contributed by atoms with Crippen molar-refractivity contribution in [2.24, 2.45) is 0 Å². The van der Waals surface area contributed by atoms with Crippen LogP contribution in [0.15, 0.2) is 72.8 Å². The fourth-order valence-corrected chi connectivity index (χ4v) is 4.31. The minimum Gasteiger partial charge on any atom is -0.340 e. The van der Waals surface area contributed by atoms with Crippen LogP contribution in [0.5, 0.6) is 0 Å². The molecule has 3 aromatic carbocycles. The van der Waals surface area contributed by atoms with Gasteiger partial charge in [0, 0.05) is 24.1 Å². The third kappa shape index (κ3) is 3.69. The van der Waals surface area contributed by atoms with E-state index >= 15 is 0 Å². The van der Waals surface area contributed by atoms with Gasteiger partial charge in [0.05, 0.1) is 32.8 Å². The average molecular weight is 458 g/mol. The van der Waals surface area contributed by atoms with Crippen LogP contribution in [0.2, 0.25) is 0 Å². The highest BCUT2D eigenvalue weighted by Crippen LogP contribution is 2.35. The van der Waals surface area contributed by atoms with Gasteiger partial charge in [0.1, 0.15) is 18.0 Å². The maximum Gasteiger partial charge on any atom is 0.270 e. The Balaban J connectivity index is 1.83. The van der Waals surface area contributed by atoms with Crippen molar-refractivity contribution in [2.45, 2.75) is 13.3 Å². The number of rotatable bonds is 5. The van der Waals surface area contributed by atoms with E-state index in [0.717, 1.165) is 27.7 Å². The molecule has 1 N–H and O–H groups in total. The van der Waals surface area contributed by atoms with E-state index in [4.69, 9.17) is 4.98 Å². The molecule has 0 fully saturated rings. The minimum atomic E-state index is -0.529. The van der Waals surface area contributed by atoms with Crippen LogP contribution in [0.4, 0.5) is 17.2 Å². The molecule has 2 heterocycles. The number of benzene rings is 3. The van der Waals surface area contributed by atoms with E-state index in [9.17, 15) is 20.6 Å². The van der Waals surface area contributed by atoms with E-state index in [1.165, 1.54) is 18.2 Å². The van der Waals surface area contributed by atoms with E-state index in [0.29, 0.717) is 29.1 Å². The number of nitrogens with one attached hydrogen (secondary N) is 1. The summed E-state index contributed by atoms with van der Waals surface area (Å²) in [5, 5.41) is 34.4. The molecule has 0 spiro atoms.